The first-order valence-corrected chi connectivity index (χ1v) is 17.3. The molecule has 0 fully saturated rings. The molecule has 0 unspecified atom stereocenters. The van der Waals surface area contributed by atoms with E-state index in [0.717, 1.165) is 0 Å². The zero-order valence-electron chi connectivity index (χ0n) is 26.4. The Labute approximate surface area is 282 Å². The molecule has 0 atom stereocenters. The normalized spacial score (nSPS) is 11.9. The lowest BCUT2D eigenvalue weighted by molar-refractivity contribution is 1.15. The molecule has 0 radical (unpaired) electrons. The van der Waals surface area contributed by atoms with E-state index in [1.54, 1.807) is 0 Å². The third-order valence-corrected chi connectivity index (χ3v) is 11.0. The van der Waals surface area contributed by atoms with Gasteiger partial charge in [0.1, 0.15) is 0 Å². The molecule has 0 aliphatic carbocycles. The number of nitrogens with zero attached hydrogens (tertiary/aromatic N) is 2. The molecule has 0 spiro atoms. The fourth-order valence-electron chi connectivity index (χ4n) is 7.55. The lowest BCUT2D eigenvalue weighted by Crippen LogP contribution is -1.97. The molecule has 226 valence electrons. The summed E-state index contributed by atoms with van der Waals surface area (Å²) in [5.74, 6) is 0. The molecule has 10 aromatic rings. The molecule has 3 heterocycles. The van der Waals surface area contributed by atoms with E-state index in [4.69, 9.17) is 0 Å². The van der Waals surface area contributed by atoms with Crippen molar-refractivity contribution in [3.63, 3.8) is 0 Å². The van der Waals surface area contributed by atoms with Crippen LogP contribution < -0.4 is 0 Å². The van der Waals surface area contributed by atoms with E-state index in [1.165, 1.54) is 92.2 Å². The summed E-state index contributed by atoms with van der Waals surface area (Å²) in [4.78, 5) is 1.30. The average Bonchev–Trinajstić information content (AvgIpc) is 3.82. The number of rotatable bonds is 4. The number of aromatic nitrogens is 2. The van der Waals surface area contributed by atoms with Crippen molar-refractivity contribution in [3.05, 3.63) is 169 Å². The van der Waals surface area contributed by atoms with Gasteiger partial charge in [-0.25, -0.2) is 0 Å². The molecule has 0 aliphatic heterocycles. The van der Waals surface area contributed by atoms with E-state index in [9.17, 15) is 0 Å². The van der Waals surface area contributed by atoms with Crippen LogP contribution in [0.1, 0.15) is 5.56 Å². The van der Waals surface area contributed by atoms with Gasteiger partial charge in [0.2, 0.25) is 0 Å². The molecule has 0 amide bonds. The maximum atomic E-state index is 2.46. The Morgan fingerprint density at radius 3 is 1.69 bits per heavy atom. The van der Waals surface area contributed by atoms with Gasteiger partial charge in [-0.05, 0) is 101 Å². The van der Waals surface area contributed by atoms with Crippen molar-refractivity contribution in [2.75, 3.05) is 0 Å². The second-order valence-electron chi connectivity index (χ2n) is 12.7. The highest BCUT2D eigenvalue weighted by molar-refractivity contribution is 7.22. The van der Waals surface area contributed by atoms with Crippen molar-refractivity contribution in [1.29, 1.82) is 0 Å². The summed E-state index contributed by atoms with van der Waals surface area (Å²) in [6, 6.07) is 60.0. The van der Waals surface area contributed by atoms with Gasteiger partial charge >= 0.3 is 0 Å². The fourth-order valence-corrected chi connectivity index (χ4v) is 8.61. The summed E-state index contributed by atoms with van der Waals surface area (Å²) in [6.45, 7) is 2.22. The summed E-state index contributed by atoms with van der Waals surface area (Å²) < 4.78 is 6.15. The van der Waals surface area contributed by atoms with Crippen molar-refractivity contribution in [2.24, 2.45) is 0 Å². The van der Waals surface area contributed by atoms with Crippen LogP contribution in [0, 0.1) is 6.92 Å². The molecule has 3 aromatic heterocycles. The van der Waals surface area contributed by atoms with Crippen LogP contribution >= 0.6 is 11.3 Å². The number of para-hydroxylation sites is 3. The van der Waals surface area contributed by atoms with Crippen LogP contribution in [-0.2, 0) is 0 Å². The minimum absolute atomic E-state index is 1.18. The van der Waals surface area contributed by atoms with Crippen molar-refractivity contribution in [1.82, 2.24) is 9.13 Å². The highest BCUT2D eigenvalue weighted by atomic mass is 32.1. The molecule has 0 saturated carbocycles. The van der Waals surface area contributed by atoms with Crippen LogP contribution in [0.2, 0.25) is 0 Å². The van der Waals surface area contributed by atoms with Crippen molar-refractivity contribution in [2.45, 2.75) is 6.92 Å². The van der Waals surface area contributed by atoms with Gasteiger partial charge in [-0.2, -0.15) is 0 Å². The van der Waals surface area contributed by atoms with Gasteiger partial charge in [-0.3, -0.25) is 0 Å². The summed E-state index contributed by atoms with van der Waals surface area (Å²) in [6.07, 6.45) is 0. The van der Waals surface area contributed by atoms with Crippen molar-refractivity contribution in [3.8, 4) is 32.9 Å². The number of fused-ring (bicyclic) bond motifs is 7. The number of thiophene rings is 1. The highest BCUT2D eigenvalue weighted by Gasteiger charge is 2.17. The molecular weight excluding hydrogens is 601 g/mol. The average molecular weight is 631 g/mol. The molecule has 3 heteroatoms. The van der Waals surface area contributed by atoms with Gasteiger partial charge < -0.3 is 9.13 Å². The standard InChI is InChI=1S/C45H30N2S/c1-29-19-20-33(45-28-32-11-5-10-18-44(32)48-45)27-43(29)47-40-17-9-7-15-36(40)38-26-31(22-24-42(38)47)30-21-23-41-37(25-30)35-14-6-8-16-39(35)46(41)34-12-3-2-4-13-34/h2-28H,1H3. The Balaban J connectivity index is 1.15. The minimum atomic E-state index is 1.18. The smallest absolute Gasteiger partial charge is 0.0541 e. The van der Waals surface area contributed by atoms with Crippen LogP contribution in [0.15, 0.2) is 164 Å². The van der Waals surface area contributed by atoms with E-state index < -0.39 is 0 Å². The van der Waals surface area contributed by atoms with Crippen LogP contribution in [-0.4, -0.2) is 9.13 Å². The highest BCUT2D eigenvalue weighted by Crippen LogP contribution is 2.40. The first-order valence-electron chi connectivity index (χ1n) is 16.4. The Morgan fingerprint density at radius 2 is 0.979 bits per heavy atom. The summed E-state index contributed by atoms with van der Waals surface area (Å²) in [5.41, 5.74) is 12.2. The zero-order chi connectivity index (χ0) is 31.8. The van der Waals surface area contributed by atoms with E-state index in [-0.39, 0.29) is 0 Å². The van der Waals surface area contributed by atoms with Gasteiger partial charge in [-0.1, -0.05) is 97.1 Å². The molecular formula is C45H30N2S. The summed E-state index contributed by atoms with van der Waals surface area (Å²) >= 11 is 1.86. The molecule has 48 heavy (non-hydrogen) atoms. The Kier molecular flexibility index (Phi) is 5.99. The van der Waals surface area contributed by atoms with Crippen LogP contribution in [0.5, 0.6) is 0 Å². The quantitative estimate of drug-likeness (QED) is 0.183. The Morgan fingerprint density at radius 1 is 0.417 bits per heavy atom. The van der Waals surface area contributed by atoms with Crippen molar-refractivity contribution >= 4 is 65.0 Å². The van der Waals surface area contributed by atoms with Gasteiger partial charge in [0.05, 0.1) is 22.1 Å². The molecule has 0 aliphatic rings. The number of hydrogen-bond donors (Lipinski definition) is 0. The van der Waals surface area contributed by atoms with Gasteiger partial charge in [-0.15, -0.1) is 11.3 Å². The second kappa shape index (κ2) is 10.6. The number of benzene rings is 7. The van der Waals surface area contributed by atoms with Crippen LogP contribution in [0.3, 0.4) is 0 Å². The van der Waals surface area contributed by atoms with E-state index in [0.29, 0.717) is 0 Å². The van der Waals surface area contributed by atoms with E-state index >= 15 is 0 Å². The van der Waals surface area contributed by atoms with Gasteiger partial charge in [0.25, 0.3) is 0 Å². The van der Waals surface area contributed by atoms with Gasteiger partial charge in [0, 0.05) is 42.5 Å². The summed E-state index contributed by atoms with van der Waals surface area (Å²) in [5, 5.41) is 6.37. The zero-order valence-corrected chi connectivity index (χ0v) is 27.2. The maximum absolute atomic E-state index is 2.46. The fraction of sp³-hybridized carbons (Fsp3) is 0.0222. The molecule has 0 bridgehead atoms. The number of hydrogen-bond acceptors (Lipinski definition) is 1. The van der Waals surface area contributed by atoms with Gasteiger partial charge in [0.15, 0.2) is 0 Å². The molecule has 10 rings (SSSR count). The predicted molar refractivity (Wildman–Crippen MR) is 206 cm³/mol. The van der Waals surface area contributed by atoms with E-state index in [1.807, 2.05) is 11.3 Å². The molecule has 0 saturated heterocycles. The third kappa shape index (κ3) is 4.11. The lowest BCUT2D eigenvalue weighted by Gasteiger charge is -2.13. The lowest BCUT2D eigenvalue weighted by atomic mass is 10.0. The maximum Gasteiger partial charge on any atom is 0.0541 e. The largest absolute Gasteiger partial charge is 0.309 e. The van der Waals surface area contributed by atoms with Crippen LogP contribution in [0.4, 0.5) is 0 Å². The Hall–Kier alpha value is -5.90. The molecule has 0 N–H and O–H groups in total. The first kappa shape index (κ1) is 27.2. The SMILES string of the molecule is Cc1ccc(-c2cc3ccccc3s2)cc1-n1c2ccccc2c2cc(-c3ccc4c(c3)c3ccccc3n4-c3ccccc3)ccc21. The molecule has 7 aromatic carbocycles. The summed E-state index contributed by atoms with van der Waals surface area (Å²) in [7, 11) is 0. The topological polar surface area (TPSA) is 9.86 Å². The van der Waals surface area contributed by atoms with Crippen LogP contribution in [0.25, 0.3) is 86.6 Å². The third-order valence-electron chi connectivity index (χ3n) is 9.85. The molecule has 2 nitrogen and oxygen atoms in total. The monoisotopic (exact) mass is 630 g/mol. The van der Waals surface area contributed by atoms with E-state index in [2.05, 4.69) is 180 Å². The number of aryl methyl sites for hydroxylation is 1. The second-order valence-corrected chi connectivity index (χ2v) is 13.7. The predicted octanol–water partition coefficient (Wildman–Crippen LogP) is 12.7. The first-order chi connectivity index (χ1) is 23.7. The minimum Gasteiger partial charge on any atom is -0.309 e. The Bertz CT molecular complexity index is 2810. The van der Waals surface area contributed by atoms with Crippen molar-refractivity contribution < 1.29 is 0 Å².